The molecule has 0 amide bonds. The topological polar surface area (TPSA) is 81.4 Å². The standard InChI is InChI=1S/C23H23FN2O3S/c24-19-7-4-8-20(13-19)30(28,29)26-21(14-25)23(22(26)15-27)18-11-9-17(10-12-18)16-5-2-1-3-6-16/h4-5,7-13,21-23,27H,1-3,6,15H2/t21-,22-,23+/m0/s1. The predicted octanol–water partition coefficient (Wildman–Crippen LogP) is 3.82. The summed E-state index contributed by atoms with van der Waals surface area (Å²) in [7, 11) is -4.11. The molecule has 0 unspecified atom stereocenters. The van der Waals surface area contributed by atoms with Gasteiger partial charge < -0.3 is 5.11 Å². The number of hydrogen-bond donors (Lipinski definition) is 1. The number of sulfonamides is 1. The second kappa shape index (κ2) is 8.31. The second-order valence-electron chi connectivity index (χ2n) is 7.74. The minimum absolute atomic E-state index is 0.223. The number of allylic oxidation sites excluding steroid dienone is 2. The predicted molar refractivity (Wildman–Crippen MR) is 111 cm³/mol. The first-order valence-electron chi connectivity index (χ1n) is 10.1. The lowest BCUT2D eigenvalue weighted by Gasteiger charge is -2.50. The van der Waals surface area contributed by atoms with Gasteiger partial charge in [0, 0.05) is 5.92 Å². The molecule has 5 nitrogen and oxygen atoms in total. The molecule has 1 heterocycles. The summed E-state index contributed by atoms with van der Waals surface area (Å²) in [6.07, 6.45) is 6.76. The summed E-state index contributed by atoms with van der Waals surface area (Å²) in [5.41, 5.74) is 3.26. The van der Waals surface area contributed by atoms with Gasteiger partial charge in [0.15, 0.2) is 0 Å². The Kier molecular flexibility index (Phi) is 5.74. The molecule has 2 aromatic rings. The van der Waals surface area contributed by atoms with E-state index in [-0.39, 0.29) is 4.90 Å². The first-order chi connectivity index (χ1) is 14.5. The lowest BCUT2D eigenvalue weighted by molar-refractivity contribution is 0.0556. The first kappa shape index (κ1) is 20.7. The van der Waals surface area contributed by atoms with Crippen molar-refractivity contribution < 1.29 is 17.9 Å². The fraction of sp³-hybridized carbons (Fsp3) is 0.348. The largest absolute Gasteiger partial charge is 0.395 e. The van der Waals surface area contributed by atoms with E-state index in [9.17, 15) is 23.2 Å². The Balaban J connectivity index is 1.63. The Bertz CT molecular complexity index is 1110. The number of aliphatic hydroxyl groups is 1. The SMILES string of the molecule is N#C[C@H]1[C@@H](c2ccc(C3=CCCCC3)cc2)[C@H](CO)N1S(=O)(=O)c1cccc(F)c1. The van der Waals surface area contributed by atoms with Crippen LogP contribution in [0.15, 0.2) is 59.5 Å². The van der Waals surface area contributed by atoms with Crippen molar-refractivity contribution in [2.75, 3.05) is 6.61 Å². The Morgan fingerprint density at radius 1 is 1.17 bits per heavy atom. The Labute approximate surface area is 176 Å². The van der Waals surface area contributed by atoms with E-state index in [1.807, 2.05) is 24.3 Å². The molecule has 3 atom stereocenters. The van der Waals surface area contributed by atoms with Crippen molar-refractivity contribution in [2.45, 2.75) is 48.6 Å². The van der Waals surface area contributed by atoms with Gasteiger partial charge in [0.25, 0.3) is 0 Å². The van der Waals surface area contributed by atoms with Gasteiger partial charge in [-0.15, -0.1) is 0 Å². The van der Waals surface area contributed by atoms with Crippen LogP contribution < -0.4 is 0 Å². The van der Waals surface area contributed by atoms with Gasteiger partial charge in [-0.25, -0.2) is 12.8 Å². The number of nitriles is 1. The molecule has 0 bridgehead atoms. The van der Waals surface area contributed by atoms with Gasteiger partial charge in [0.1, 0.15) is 11.9 Å². The van der Waals surface area contributed by atoms with Crippen molar-refractivity contribution >= 4 is 15.6 Å². The van der Waals surface area contributed by atoms with E-state index in [0.717, 1.165) is 40.4 Å². The van der Waals surface area contributed by atoms with E-state index in [1.165, 1.54) is 30.5 Å². The van der Waals surface area contributed by atoms with Crippen molar-refractivity contribution in [1.82, 2.24) is 4.31 Å². The average molecular weight is 427 g/mol. The highest BCUT2D eigenvalue weighted by Gasteiger charge is 2.55. The molecule has 0 aromatic heterocycles. The van der Waals surface area contributed by atoms with Crippen molar-refractivity contribution in [3.05, 3.63) is 71.6 Å². The van der Waals surface area contributed by atoms with Gasteiger partial charge in [-0.3, -0.25) is 0 Å². The minimum atomic E-state index is -4.11. The second-order valence-corrected chi connectivity index (χ2v) is 9.58. The lowest BCUT2D eigenvalue weighted by atomic mass is 9.78. The smallest absolute Gasteiger partial charge is 0.244 e. The molecule has 2 aromatic carbocycles. The molecule has 7 heteroatoms. The number of nitrogens with zero attached hydrogens (tertiary/aromatic N) is 2. The maximum Gasteiger partial charge on any atom is 0.244 e. The monoisotopic (exact) mass is 426 g/mol. The van der Waals surface area contributed by atoms with Crippen LogP contribution in [0.3, 0.4) is 0 Å². The highest BCUT2D eigenvalue weighted by molar-refractivity contribution is 7.89. The zero-order valence-electron chi connectivity index (χ0n) is 16.4. The quantitative estimate of drug-likeness (QED) is 0.788. The van der Waals surface area contributed by atoms with Crippen LogP contribution in [-0.2, 0) is 10.0 Å². The Morgan fingerprint density at radius 3 is 2.53 bits per heavy atom. The number of rotatable bonds is 5. The fourth-order valence-corrected chi connectivity index (χ4v) is 6.25. The molecule has 4 rings (SSSR count). The summed E-state index contributed by atoms with van der Waals surface area (Å²) in [6.45, 7) is -0.426. The molecule has 1 fully saturated rings. The summed E-state index contributed by atoms with van der Waals surface area (Å²) < 4.78 is 40.6. The maximum absolute atomic E-state index is 13.6. The third-order valence-corrected chi connectivity index (χ3v) is 7.91. The van der Waals surface area contributed by atoms with E-state index < -0.39 is 40.4 Å². The van der Waals surface area contributed by atoms with E-state index in [4.69, 9.17) is 0 Å². The molecule has 1 aliphatic heterocycles. The summed E-state index contributed by atoms with van der Waals surface area (Å²) in [5.74, 6) is -1.12. The zero-order chi connectivity index (χ0) is 21.3. The van der Waals surface area contributed by atoms with Gasteiger partial charge in [-0.2, -0.15) is 9.57 Å². The fourth-order valence-electron chi connectivity index (χ4n) is 4.46. The summed E-state index contributed by atoms with van der Waals surface area (Å²) in [4.78, 5) is -0.223. The Hall–Kier alpha value is -2.53. The normalized spacial score (nSPS) is 24.6. The van der Waals surface area contributed by atoms with E-state index in [2.05, 4.69) is 12.1 Å². The third-order valence-electron chi connectivity index (χ3n) is 6.00. The molecular formula is C23H23FN2O3S. The van der Waals surface area contributed by atoms with Crippen LogP contribution in [0.5, 0.6) is 0 Å². The molecule has 2 aliphatic rings. The lowest BCUT2D eigenvalue weighted by Crippen LogP contribution is -2.65. The molecular weight excluding hydrogens is 403 g/mol. The molecule has 1 N–H and O–H groups in total. The van der Waals surface area contributed by atoms with Crippen LogP contribution in [0.1, 0.15) is 42.7 Å². The average Bonchev–Trinajstić information content (AvgIpc) is 2.74. The molecule has 156 valence electrons. The highest BCUT2D eigenvalue weighted by Crippen LogP contribution is 2.44. The van der Waals surface area contributed by atoms with Crippen LogP contribution in [0.2, 0.25) is 0 Å². The maximum atomic E-state index is 13.6. The molecule has 30 heavy (non-hydrogen) atoms. The number of benzene rings is 2. The minimum Gasteiger partial charge on any atom is -0.395 e. The molecule has 1 aliphatic carbocycles. The zero-order valence-corrected chi connectivity index (χ0v) is 17.2. The van der Waals surface area contributed by atoms with Crippen LogP contribution >= 0.6 is 0 Å². The van der Waals surface area contributed by atoms with Crippen LogP contribution in [0.4, 0.5) is 4.39 Å². The van der Waals surface area contributed by atoms with Gasteiger partial charge >= 0.3 is 0 Å². The van der Waals surface area contributed by atoms with Crippen molar-refractivity contribution in [3.8, 4) is 6.07 Å². The first-order valence-corrected chi connectivity index (χ1v) is 11.5. The summed E-state index contributed by atoms with van der Waals surface area (Å²) >= 11 is 0. The van der Waals surface area contributed by atoms with E-state index in [0.29, 0.717) is 0 Å². The summed E-state index contributed by atoms with van der Waals surface area (Å²) in [5, 5.41) is 19.6. The molecule has 1 saturated heterocycles. The van der Waals surface area contributed by atoms with Gasteiger partial charge in [0.05, 0.1) is 23.6 Å². The van der Waals surface area contributed by atoms with Crippen LogP contribution in [0.25, 0.3) is 5.57 Å². The van der Waals surface area contributed by atoms with Gasteiger partial charge in [0.2, 0.25) is 10.0 Å². The highest BCUT2D eigenvalue weighted by atomic mass is 32.2. The van der Waals surface area contributed by atoms with Gasteiger partial charge in [-0.05, 0) is 60.6 Å². The third kappa shape index (κ3) is 3.56. The van der Waals surface area contributed by atoms with Crippen LogP contribution in [0, 0.1) is 17.1 Å². The van der Waals surface area contributed by atoms with Crippen molar-refractivity contribution in [2.24, 2.45) is 0 Å². The summed E-state index contributed by atoms with van der Waals surface area (Å²) in [6, 6.07) is 12.8. The van der Waals surface area contributed by atoms with E-state index >= 15 is 0 Å². The number of aliphatic hydroxyl groups excluding tert-OH is 1. The van der Waals surface area contributed by atoms with Gasteiger partial charge in [-0.1, -0.05) is 36.4 Å². The van der Waals surface area contributed by atoms with Crippen LogP contribution in [-0.4, -0.2) is 36.5 Å². The number of hydrogen-bond acceptors (Lipinski definition) is 4. The van der Waals surface area contributed by atoms with E-state index in [1.54, 1.807) is 0 Å². The van der Waals surface area contributed by atoms with Crippen molar-refractivity contribution in [1.29, 1.82) is 5.26 Å². The Morgan fingerprint density at radius 2 is 1.93 bits per heavy atom. The van der Waals surface area contributed by atoms with Crippen molar-refractivity contribution in [3.63, 3.8) is 0 Å². The molecule has 0 spiro atoms. The molecule has 0 radical (unpaired) electrons. The number of halogens is 1. The molecule has 0 saturated carbocycles.